The molecule has 5 nitrogen and oxygen atoms in total. The van der Waals surface area contributed by atoms with Crippen LogP contribution in [0.15, 0.2) is 16.5 Å². The molecule has 0 radical (unpaired) electrons. The summed E-state index contributed by atoms with van der Waals surface area (Å²) in [5, 5.41) is 2.84. The number of hydrogen-bond donors (Lipinski definition) is 1. The van der Waals surface area contributed by atoms with Crippen LogP contribution < -0.4 is 5.32 Å². The van der Waals surface area contributed by atoms with Crippen molar-refractivity contribution >= 4 is 5.91 Å². The maximum Gasteiger partial charge on any atom is 0.286 e. The van der Waals surface area contributed by atoms with E-state index in [9.17, 15) is 4.79 Å². The molecule has 1 aromatic rings. The average Bonchev–Trinajstić information content (AvgIpc) is 3.10. The Morgan fingerprint density at radius 1 is 1.40 bits per heavy atom. The number of rotatable bonds is 8. The minimum atomic E-state index is -0.144. The van der Waals surface area contributed by atoms with Crippen molar-refractivity contribution in [3.63, 3.8) is 0 Å². The topological polar surface area (TPSA) is 54.7 Å². The second kappa shape index (κ2) is 8.07. The van der Waals surface area contributed by atoms with Crippen molar-refractivity contribution in [2.75, 3.05) is 32.8 Å². The van der Waals surface area contributed by atoms with Gasteiger partial charge >= 0.3 is 0 Å². The molecule has 2 heterocycles. The molecular formula is C15H24N2O3. The number of amides is 1. The third kappa shape index (κ3) is 4.65. The van der Waals surface area contributed by atoms with Gasteiger partial charge in [0.05, 0.1) is 6.54 Å². The van der Waals surface area contributed by atoms with Crippen molar-refractivity contribution in [2.24, 2.45) is 0 Å². The Balaban J connectivity index is 1.71. The van der Waals surface area contributed by atoms with Crippen LogP contribution in [-0.2, 0) is 11.3 Å². The molecule has 0 aromatic carbocycles. The maximum atomic E-state index is 11.9. The van der Waals surface area contributed by atoms with E-state index in [0.717, 1.165) is 31.8 Å². The van der Waals surface area contributed by atoms with Gasteiger partial charge in [0.25, 0.3) is 5.91 Å². The zero-order chi connectivity index (χ0) is 14.2. The minimum Gasteiger partial charge on any atom is -0.455 e. The molecule has 1 aliphatic heterocycles. The molecule has 1 fully saturated rings. The van der Waals surface area contributed by atoms with E-state index in [1.165, 1.54) is 12.8 Å². The third-order valence-electron chi connectivity index (χ3n) is 3.42. The largest absolute Gasteiger partial charge is 0.455 e. The molecule has 0 unspecified atom stereocenters. The Morgan fingerprint density at radius 2 is 2.20 bits per heavy atom. The fourth-order valence-electron chi connectivity index (χ4n) is 2.35. The molecule has 1 saturated heterocycles. The summed E-state index contributed by atoms with van der Waals surface area (Å²) in [5.74, 6) is 1.12. The first kappa shape index (κ1) is 15.1. The normalized spacial score (nSPS) is 15.7. The lowest BCUT2D eigenvalue weighted by molar-refractivity contribution is 0.0913. The average molecular weight is 280 g/mol. The van der Waals surface area contributed by atoms with Gasteiger partial charge in [-0.25, -0.2) is 0 Å². The standard InChI is InChI=1S/C15H24N2O3/c1-2-19-11-5-8-16-15(18)14-7-6-13(20-14)12-17-9-3-4-10-17/h6-7H,2-5,8-12H2,1H3,(H,16,18). The van der Waals surface area contributed by atoms with Crippen LogP contribution in [0.4, 0.5) is 0 Å². The van der Waals surface area contributed by atoms with Crippen LogP contribution in [0.3, 0.4) is 0 Å². The molecule has 1 amide bonds. The molecule has 112 valence electrons. The van der Waals surface area contributed by atoms with E-state index in [1.54, 1.807) is 6.07 Å². The van der Waals surface area contributed by atoms with Crippen LogP contribution in [0.1, 0.15) is 42.5 Å². The van der Waals surface area contributed by atoms with Gasteiger partial charge in [0.2, 0.25) is 0 Å². The summed E-state index contributed by atoms with van der Waals surface area (Å²) in [6, 6.07) is 3.65. The molecule has 0 saturated carbocycles. The molecule has 1 aromatic heterocycles. The van der Waals surface area contributed by atoms with Gasteiger partial charge in [-0.1, -0.05) is 0 Å². The van der Waals surface area contributed by atoms with E-state index in [2.05, 4.69) is 10.2 Å². The summed E-state index contributed by atoms with van der Waals surface area (Å²) in [7, 11) is 0. The molecule has 5 heteroatoms. The van der Waals surface area contributed by atoms with Gasteiger partial charge in [0.1, 0.15) is 5.76 Å². The monoisotopic (exact) mass is 280 g/mol. The van der Waals surface area contributed by atoms with Crippen molar-refractivity contribution in [3.8, 4) is 0 Å². The lowest BCUT2D eigenvalue weighted by Crippen LogP contribution is -2.24. The predicted octanol–water partition coefficient (Wildman–Crippen LogP) is 2.03. The minimum absolute atomic E-state index is 0.144. The summed E-state index contributed by atoms with van der Waals surface area (Å²) in [4.78, 5) is 14.2. The lowest BCUT2D eigenvalue weighted by atomic mass is 10.3. The quantitative estimate of drug-likeness (QED) is 0.740. The van der Waals surface area contributed by atoms with Crippen molar-refractivity contribution in [1.82, 2.24) is 10.2 Å². The van der Waals surface area contributed by atoms with E-state index >= 15 is 0 Å². The van der Waals surface area contributed by atoms with Crippen LogP contribution in [0.2, 0.25) is 0 Å². The molecule has 1 N–H and O–H groups in total. The molecule has 0 aliphatic carbocycles. The zero-order valence-electron chi connectivity index (χ0n) is 12.2. The third-order valence-corrected chi connectivity index (χ3v) is 3.42. The van der Waals surface area contributed by atoms with Crippen LogP contribution in [0.5, 0.6) is 0 Å². The number of nitrogens with zero attached hydrogens (tertiary/aromatic N) is 1. The second-order valence-electron chi connectivity index (χ2n) is 5.06. The number of likely N-dealkylation sites (tertiary alicyclic amines) is 1. The van der Waals surface area contributed by atoms with Crippen molar-refractivity contribution < 1.29 is 13.9 Å². The number of carbonyl (C=O) groups is 1. The Bertz CT molecular complexity index is 411. The first-order chi connectivity index (χ1) is 9.79. The van der Waals surface area contributed by atoms with E-state index in [4.69, 9.17) is 9.15 Å². The fraction of sp³-hybridized carbons (Fsp3) is 0.667. The highest BCUT2D eigenvalue weighted by molar-refractivity contribution is 5.91. The van der Waals surface area contributed by atoms with Crippen LogP contribution in [0, 0.1) is 0 Å². The molecule has 0 bridgehead atoms. The lowest BCUT2D eigenvalue weighted by Gasteiger charge is -2.11. The van der Waals surface area contributed by atoms with Crippen molar-refractivity contribution in [3.05, 3.63) is 23.7 Å². The van der Waals surface area contributed by atoms with Crippen molar-refractivity contribution in [1.29, 1.82) is 0 Å². The van der Waals surface area contributed by atoms with Gasteiger partial charge in [0, 0.05) is 19.8 Å². The fourth-order valence-corrected chi connectivity index (χ4v) is 2.35. The smallest absolute Gasteiger partial charge is 0.286 e. The van der Waals surface area contributed by atoms with Gasteiger partial charge in [-0.2, -0.15) is 0 Å². The summed E-state index contributed by atoms with van der Waals surface area (Å²) in [5.41, 5.74) is 0. The SMILES string of the molecule is CCOCCCNC(=O)c1ccc(CN2CCCC2)o1. The van der Waals surface area contributed by atoms with Crippen LogP contribution in [0.25, 0.3) is 0 Å². The van der Waals surface area contributed by atoms with Crippen molar-refractivity contribution in [2.45, 2.75) is 32.7 Å². The molecular weight excluding hydrogens is 256 g/mol. The number of furan rings is 1. The van der Waals surface area contributed by atoms with E-state index < -0.39 is 0 Å². The van der Waals surface area contributed by atoms with Crippen LogP contribution >= 0.6 is 0 Å². The van der Waals surface area contributed by atoms with Crippen LogP contribution in [-0.4, -0.2) is 43.7 Å². The number of carbonyl (C=O) groups excluding carboxylic acids is 1. The summed E-state index contributed by atoms with van der Waals surface area (Å²) >= 11 is 0. The molecule has 1 aliphatic rings. The summed E-state index contributed by atoms with van der Waals surface area (Å²) < 4.78 is 10.8. The summed E-state index contributed by atoms with van der Waals surface area (Å²) in [6.45, 7) is 7.02. The van der Waals surface area contributed by atoms with E-state index in [-0.39, 0.29) is 5.91 Å². The number of nitrogens with one attached hydrogen (secondary N) is 1. The predicted molar refractivity (Wildman–Crippen MR) is 76.7 cm³/mol. The van der Waals surface area contributed by atoms with Gasteiger partial charge in [-0.05, 0) is 51.4 Å². The van der Waals surface area contributed by atoms with Gasteiger partial charge in [-0.15, -0.1) is 0 Å². The highest BCUT2D eigenvalue weighted by Gasteiger charge is 2.15. The van der Waals surface area contributed by atoms with Gasteiger partial charge < -0.3 is 14.5 Å². The van der Waals surface area contributed by atoms with Gasteiger partial charge in [-0.3, -0.25) is 9.69 Å². The highest BCUT2D eigenvalue weighted by Crippen LogP contribution is 2.15. The molecule has 2 rings (SSSR count). The Labute approximate surface area is 120 Å². The number of hydrogen-bond acceptors (Lipinski definition) is 4. The van der Waals surface area contributed by atoms with E-state index in [1.807, 2.05) is 13.0 Å². The summed E-state index contributed by atoms with van der Waals surface area (Å²) in [6.07, 6.45) is 3.34. The Kier molecular flexibility index (Phi) is 6.08. The Morgan fingerprint density at radius 3 is 2.95 bits per heavy atom. The molecule has 20 heavy (non-hydrogen) atoms. The van der Waals surface area contributed by atoms with Gasteiger partial charge in [0.15, 0.2) is 5.76 Å². The molecule has 0 spiro atoms. The first-order valence-corrected chi connectivity index (χ1v) is 7.46. The second-order valence-corrected chi connectivity index (χ2v) is 5.06. The first-order valence-electron chi connectivity index (χ1n) is 7.46. The number of ether oxygens (including phenoxy) is 1. The highest BCUT2D eigenvalue weighted by atomic mass is 16.5. The Hall–Kier alpha value is -1.33. The van der Waals surface area contributed by atoms with E-state index in [0.29, 0.717) is 25.5 Å². The maximum absolute atomic E-state index is 11.9. The molecule has 0 atom stereocenters. The zero-order valence-corrected chi connectivity index (χ0v) is 12.2.